The maximum atomic E-state index is 13.7. The molecule has 0 saturated carbocycles. The molecule has 2 nitrogen and oxygen atoms in total. The lowest BCUT2D eigenvalue weighted by molar-refractivity contribution is -0.139. The molecule has 3 aromatic rings. The third kappa shape index (κ3) is 5.16. The second kappa shape index (κ2) is 9.24. The molecule has 2 aromatic carbocycles. The van der Waals surface area contributed by atoms with Crippen LogP contribution < -0.4 is 0 Å². The molecule has 8 heteroatoms. The molecule has 0 unspecified atom stereocenters. The number of hydrogen-bond donors (Lipinski definition) is 0. The zero-order valence-corrected chi connectivity index (χ0v) is 18.0. The molecule has 1 aliphatic rings. The maximum Gasteiger partial charge on any atom is 0.418 e. The predicted octanol–water partition coefficient (Wildman–Crippen LogP) is 7.33. The third-order valence-corrected chi connectivity index (χ3v) is 6.28. The molecule has 0 radical (unpaired) electrons. The van der Waals surface area contributed by atoms with E-state index in [2.05, 4.69) is 4.98 Å². The van der Waals surface area contributed by atoms with E-state index in [1.54, 1.807) is 0 Å². The van der Waals surface area contributed by atoms with Gasteiger partial charge >= 0.3 is 12.4 Å². The van der Waals surface area contributed by atoms with Crippen LogP contribution in [0, 0.1) is 0 Å². The van der Waals surface area contributed by atoms with Crippen LogP contribution in [0.5, 0.6) is 0 Å². The van der Waals surface area contributed by atoms with Crippen molar-refractivity contribution in [3.63, 3.8) is 0 Å². The molecule has 1 aromatic heterocycles. The summed E-state index contributed by atoms with van der Waals surface area (Å²) in [6.07, 6.45) is -6.64. The number of rotatable bonds is 6. The van der Waals surface area contributed by atoms with Crippen LogP contribution in [-0.2, 0) is 23.6 Å². The lowest BCUT2D eigenvalue weighted by Gasteiger charge is -2.22. The zero-order chi connectivity index (χ0) is 24.5. The highest BCUT2D eigenvalue weighted by Gasteiger charge is 2.38. The summed E-state index contributed by atoms with van der Waals surface area (Å²) in [5.74, 6) is -1.41. The monoisotopic (exact) mass is 477 g/mol. The van der Waals surface area contributed by atoms with Crippen LogP contribution in [0.1, 0.15) is 64.6 Å². The van der Waals surface area contributed by atoms with E-state index in [9.17, 15) is 31.1 Å². The van der Waals surface area contributed by atoms with Gasteiger partial charge in [-0.05, 0) is 59.7 Å². The Balaban J connectivity index is 1.66. The van der Waals surface area contributed by atoms with Crippen LogP contribution in [0.25, 0.3) is 0 Å². The number of pyridine rings is 1. The Hall–Kier alpha value is -3.16. The van der Waals surface area contributed by atoms with Gasteiger partial charge in [0.05, 0.1) is 16.8 Å². The van der Waals surface area contributed by atoms with Gasteiger partial charge < -0.3 is 0 Å². The first-order valence-electron chi connectivity index (χ1n) is 10.8. The van der Waals surface area contributed by atoms with Crippen molar-refractivity contribution in [3.05, 3.63) is 100 Å². The van der Waals surface area contributed by atoms with Crippen LogP contribution in [0.4, 0.5) is 26.3 Å². The number of carbonyl (C=O) groups is 1. The minimum atomic E-state index is -4.72. The molecule has 0 saturated heterocycles. The molecular weight excluding hydrogens is 456 g/mol. The molecule has 0 fully saturated rings. The SMILES string of the molecule is O=C(C[C@H]1CCc2ccccc21)C[C@@H](c1ccc(C(F)(F)F)cc1)c1ncccc1C(F)(F)F. The molecule has 0 bridgehead atoms. The van der Waals surface area contributed by atoms with E-state index in [0.717, 1.165) is 60.4 Å². The van der Waals surface area contributed by atoms with Gasteiger partial charge in [0.15, 0.2) is 0 Å². The molecule has 1 aliphatic carbocycles. The molecule has 4 rings (SSSR count). The number of Topliss-reactive ketones (excluding diaryl/α,β-unsaturated/α-hetero) is 1. The topological polar surface area (TPSA) is 30.0 Å². The minimum Gasteiger partial charge on any atom is -0.300 e. The van der Waals surface area contributed by atoms with Gasteiger partial charge in [-0.3, -0.25) is 9.78 Å². The molecule has 0 amide bonds. The fourth-order valence-corrected chi connectivity index (χ4v) is 4.65. The number of halogens is 6. The average Bonchev–Trinajstić information content (AvgIpc) is 3.19. The van der Waals surface area contributed by atoms with E-state index in [1.165, 1.54) is 6.20 Å². The van der Waals surface area contributed by atoms with Crippen molar-refractivity contribution in [1.29, 1.82) is 0 Å². The highest BCUT2D eigenvalue weighted by atomic mass is 19.4. The Kier molecular flexibility index (Phi) is 6.51. The Labute approximate surface area is 192 Å². The highest BCUT2D eigenvalue weighted by Crippen LogP contribution is 2.41. The van der Waals surface area contributed by atoms with E-state index >= 15 is 0 Å². The van der Waals surface area contributed by atoms with E-state index in [4.69, 9.17) is 0 Å². The average molecular weight is 477 g/mol. The second-order valence-electron chi connectivity index (χ2n) is 8.49. The molecule has 0 N–H and O–H groups in total. The number of benzene rings is 2. The predicted molar refractivity (Wildman–Crippen MR) is 114 cm³/mol. The fourth-order valence-electron chi connectivity index (χ4n) is 4.65. The number of alkyl halides is 6. The smallest absolute Gasteiger partial charge is 0.300 e. The summed E-state index contributed by atoms with van der Waals surface area (Å²) in [5.41, 5.74) is 0.117. The first-order valence-corrected chi connectivity index (χ1v) is 10.8. The summed E-state index contributed by atoms with van der Waals surface area (Å²) in [5, 5.41) is 0. The number of aryl methyl sites for hydroxylation is 1. The first kappa shape index (κ1) is 24.0. The minimum absolute atomic E-state index is 0.0252. The summed E-state index contributed by atoms with van der Waals surface area (Å²) in [4.78, 5) is 17.0. The summed E-state index contributed by atoms with van der Waals surface area (Å²) >= 11 is 0. The van der Waals surface area contributed by atoms with Gasteiger partial charge in [-0.2, -0.15) is 26.3 Å². The largest absolute Gasteiger partial charge is 0.418 e. The van der Waals surface area contributed by atoms with Gasteiger partial charge in [0, 0.05) is 25.0 Å². The van der Waals surface area contributed by atoms with Crippen molar-refractivity contribution in [3.8, 4) is 0 Å². The fraction of sp³-hybridized carbons (Fsp3) is 0.308. The van der Waals surface area contributed by atoms with E-state index in [-0.39, 0.29) is 35.8 Å². The van der Waals surface area contributed by atoms with Crippen molar-refractivity contribution >= 4 is 5.78 Å². The van der Waals surface area contributed by atoms with Crippen LogP contribution in [-0.4, -0.2) is 10.8 Å². The second-order valence-corrected chi connectivity index (χ2v) is 8.49. The lowest BCUT2D eigenvalue weighted by atomic mass is 9.84. The van der Waals surface area contributed by atoms with Gasteiger partial charge in [-0.25, -0.2) is 0 Å². The summed E-state index contributed by atoms with van der Waals surface area (Å²) in [7, 11) is 0. The number of nitrogens with zero attached hydrogens (tertiary/aromatic N) is 1. The van der Waals surface area contributed by atoms with E-state index in [0.29, 0.717) is 0 Å². The van der Waals surface area contributed by atoms with E-state index in [1.807, 2.05) is 24.3 Å². The lowest BCUT2D eigenvalue weighted by Crippen LogP contribution is -2.18. The molecule has 0 aliphatic heterocycles. The highest BCUT2D eigenvalue weighted by molar-refractivity contribution is 5.81. The van der Waals surface area contributed by atoms with Gasteiger partial charge in [-0.15, -0.1) is 0 Å². The quantitative estimate of drug-likeness (QED) is 0.348. The van der Waals surface area contributed by atoms with Gasteiger partial charge in [0.2, 0.25) is 0 Å². The van der Waals surface area contributed by atoms with Gasteiger partial charge in [0.1, 0.15) is 5.78 Å². The number of carbonyl (C=O) groups excluding carboxylic acids is 1. The van der Waals surface area contributed by atoms with Gasteiger partial charge in [0.25, 0.3) is 0 Å². The zero-order valence-electron chi connectivity index (χ0n) is 18.0. The number of fused-ring (bicyclic) bond motifs is 1. The van der Waals surface area contributed by atoms with Crippen molar-refractivity contribution in [1.82, 2.24) is 4.98 Å². The molecule has 178 valence electrons. The van der Waals surface area contributed by atoms with E-state index < -0.39 is 29.4 Å². The third-order valence-electron chi connectivity index (χ3n) is 6.28. The summed E-state index contributed by atoms with van der Waals surface area (Å²) < 4.78 is 80.1. The van der Waals surface area contributed by atoms with Crippen molar-refractivity contribution in [2.24, 2.45) is 0 Å². The summed E-state index contributed by atoms with van der Waals surface area (Å²) in [6.45, 7) is 0. The van der Waals surface area contributed by atoms with Crippen LogP contribution in [0.2, 0.25) is 0 Å². The van der Waals surface area contributed by atoms with Crippen LogP contribution >= 0.6 is 0 Å². The van der Waals surface area contributed by atoms with Crippen molar-refractivity contribution < 1.29 is 31.1 Å². The Bertz CT molecular complexity index is 1170. The molecule has 34 heavy (non-hydrogen) atoms. The normalized spacial score (nSPS) is 16.8. The Morgan fingerprint density at radius 1 is 0.912 bits per heavy atom. The number of aromatic nitrogens is 1. The molecule has 2 atom stereocenters. The number of hydrogen-bond acceptors (Lipinski definition) is 2. The van der Waals surface area contributed by atoms with Crippen LogP contribution in [0.3, 0.4) is 0 Å². The summed E-state index contributed by atoms with van der Waals surface area (Å²) in [6, 6.07) is 13.7. The Morgan fingerprint density at radius 3 is 2.29 bits per heavy atom. The standard InChI is InChI=1S/C26H21F6NO/c27-25(28,29)19-11-9-17(10-12-19)22(24-23(26(30,31)32)6-3-13-33-24)15-20(34)14-18-8-7-16-4-1-2-5-21(16)18/h1-6,9-13,18,22H,7-8,14-15H2/t18-,22+/m1/s1. The van der Waals surface area contributed by atoms with Crippen LogP contribution in [0.15, 0.2) is 66.9 Å². The van der Waals surface area contributed by atoms with Gasteiger partial charge in [-0.1, -0.05) is 36.4 Å². The first-order chi connectivity index (χ1) is 16.0. The number of ketones is 1. The van der Waals surface area contributed by atoms with Crippen molar-refractivity contribution in [2.45, 2.75) is 49.9 Å². The molecule has 1 heterocycles. The maximum absolute atomic E-state index is 13.7. The molecular formula is C26H21F6NO. The Morgan fingerprint density at radius 2 is 1.62 bits per heavy atom. The van der Waals surface area contributed by atoms with Crippen molar-refractivity contribution in [2.75, 3.05) is 0 Å². The molecule has 0 spiro atoms.